The van der Waals surface area contributed by atoms with Crippen LogP contribution < -0.4 is 4.74 Å². The third-order valence-electron chi connectivity index (χ3n) is 3.71. The van der Waals surface area contributed by atoms with Crippen LogP contribution in [0.25, 0.3) is 0 Å². The highest BCUT2D eigenvalue weighted by molar-refractivity contribution is 5.68. The number of piperazine rings is 1. The first-order valence-corrected chi connectivity index (χ1v) is 6.90. The van der Waals surface area contributed by atoms with E-state index in [9.17, 15) is 4.79 Å². The normalized spacial score (nSPS) is 20.8. The summed E-state index contributed by atoms with van der Waals surface area (Å²) in [4.78, 5) is 15.3. The van der Waals surface area contributed by atoms with Gasteiger partial charge in [-0.1, -0.05) is 12.1 Å². The lowest BCUT2D eigenvalue weighted by Gasteiger charge is -2.37. The van der Waals surface area contributed by atoms with Gasteiger partial charge in [-0.15, -0.1) is 0 Å². The Labute approximate surface area is 119 Å². The van der Waals surface area contributed by atoms with E-state index in [0.29, 0.717) is 11.8 Å². The second-order valence-electron chi connectivity index (χ2n) is 5.39. The Morgan fingerprint density at radius 1 is 1.45 bits per heavy atom. The van der Waals surface area contributed by atoms with E-state index in [1.807, 2.05) is 12.1 Å². The maximum absolute atomic E-state index is 10.5. The first-order chi connectivity index (χ1) is 9.54. The van der Waals surface area contributed by atoms with Crippen molar-refractivity contribution in [1.82, 2.24) is 9.80 Å². The van der Waals surface area contributed by atoms with E-state index in [2.05, 4.69) is 29.8 Å². The molecule has 1 aromatic rings. The summed E-state index contributed by atoms with van der Waals surface area (Å²) in [5.41, 5.74) is 1.16. The van der Waals surface area contributed by atoms with Gasteiger partial charge in [0.15, 0.2) is 6.61 Å². The summed E-state index contributed by atoms with van der Waals surface area (Å²) in [7, 11) is 2.16. The molecular formula is C15H22N2O3. The number of rotatable bonds is 5. The average Bonchev–Trinajstić information content (AvgIpc) is 2.41. The maximum Gasteiger partial charge on any atom is 0.341 e. The molecule has 5 heteroatoms. The van der Waals surface area contributed by atoms with Crippen molar-refractivity contribution in [3.63, 3.8) is 0 Å². The summed E-state index contributed by atoms with van der Waals surface area (Å²) < 4.78 is 5.21. The van der Waals surface area contributed by atoms with Crippen molar-refractivity contribution in [2.75, 3.05) is 33.3 Å². The number of likely N-dealkylation sites (N-methyl/N-ethyl adjacent to an activating group) is 1. The third kappa shape index (κ3) is 4.21. The topological polar surface area (TPSA) is 53.0 Å². The molecule has 1 aliphatic rings. The van der Waals surface area contributed by atoms with E-state index in [4.69, 9.17) is 9.84 Å². The van der Waals surface area contributed by atoms with Crippen molar-refractivity contribution < 1.29 is 14.6 Å². The van der Waals surface area contributed by atoms with Crippen molar-refractivity contribution in [2.24, 2.45) is 0 Å². The lowest BCUT2D eigenvalue weighted by atomic mass is 10.1. The van der Waals surface area contributed by atoms with Gasteiger partial charge in [0.1, 0.15) is 5.75 Å². The van der Waals surface area contributed by atoms with Gasteiger partial charge in [0.25, 0.3) is 0 Å². The van der Waals surface area contributed by atoms with Crippen LogP contribution in [0.5, 0.6) is 5.75 Å². The van der Waals surface area contributed by atoms with Crippen LogP contribution in [-0.4, -0.2) is 60.2 Å². The minimum absolute atomic E-state index is 0.297. The molecule has 1 aliphatic heterocycles. The zero-order chi connectivity index (χ0) is 14.5. The Balaban J connectivity index is 1.92. The highest BCUT2D eigenvalue weighted by atomic mass is 16.5. The molecule has 1 heterocycles. The largest absolute Gasteiger partial charge is 0.482 e. The molecule has 0 radical (unpaired) electrons. The quantitative estimate of drug-likeness (QED) is 0.879. The predicted molar refractivity (Wildman–Crippen MR) is 76.9 cm³/mol. The summed E-state index contributed by atoms with van der Waals surface area (Å²) in [6, 6.07) is 8.24. The van der Waals surface area contributed by atoms with Crippen LogP contribution in [0.3, 0.4) is 0 Å². The van der Waals surface area contributed by atoms with Gasteiger partial charge >= 0.3 is 5.97 Å². The minimum Gasteiger partial charge on any atom is -0.482 e. The molecule has 1 N–H and O–H groups in total. The van der Waals surface area contributed by atoms with Gasteiger partial charge in [-0.05, 0) is 31.7 Å². The fourth-order valence-electron chi connectivity index (χ4n) is 2.40. The molecule has 0 aromatic heterocycles. The first-order valence-electron chi connectivity index (χ1n) is 6.90. The zero-order valence-electron chi connectivity index (χ0n) is 12.1. The molecule has 0 aliphatic carbocycles. The molecule has 1 aromatic carbocycles. The summed E-state index contributed by atoms with van der Waals surface area (Å²) >= 11 is 0. The van der Waals surface area contributed by atoms with Crippen molar-refractivity contribution in [3.05, 3.63) is 29.8 Å². The molecule has 0 unspecified atom stereocenters. The molecule has 5 nitrogen and oxygen atoms in total. The molecule has 0 spiro atoms. The third-order valence-corrected chi connectivity index (χ3v) is 3.71. The number of carbonyl (C=O) groups is 1. The highest BCUT2D eigenvalue weighted by Crippen LogP contribution is 2.16. The molecule has 2 rings (SSSR count). The lowest BCUT2D eigenvalue weighted by molar-refractivity contribution is -0.139. The van der Waals surface area contributed by atoms with Crippen molar-refractivity contribution in [3.8, 4) is 5.75 Å². The van der Waals surface area contributed by atoms with Crippen LogP contribution in [0.4, 0.5) is 0 Å². The Bertz CT molecular complexity index is 464. The summed E-state index contributed by atoms with van der Waals surface area (Å²) in [5.74, 6) is -0.338. The van der Waals surface area contributed by atoms with E-state index in [1.165, 1.54) is 0 Å². The van der Waals surface area contributed by atoms with E-state index >= 15 is 0 Å². The Morgan fingerprint density at radius 3 is 2.95 bits per heavy atom. The number of carboxylic acids is 1. The smallest absolute Gasteiger partial charge is 0.341 e. The van der Waals surface area contributed by atoms with Crippen LogP contribution in [0, 0.1) is 0 Å². The lowest BCUT2D eigenvalue weighted by Crippen LogP contribution is -2.49. The fourth-order valence-corrected chi connectivity index (χ4v) is 2.40. The average molecular weight is 278 g/mol. The highest BCUT2D eigenvalue weighted by Gasteiger charge is 2.20. The standard InChI is InChI=1S/C15H22N2O3/c1-12-9-17(7-6-16(12)2)10-13-4-3-5-14(8-13)20-11-15(18)19/h3-5,8,12H,6-7,9-11H2,1-2H3,(H,18,19)/t12-/m0/s1. The van der Waals surface area contributed by atoms with Gasteiger partial charge in [0, 0.05) is 32.2 Å². The Kier molecular flexibility index (Phi) is 4.98. The van der Waals surface area contributed by atoms with Crippen molar-refractivity contribution in [1.29, 1.82) is 0 Å². The van der Waals surface area contributed by atoms with Crippen LogP contribution in [0.15, 0.2) is 24.3 Å². The number of nitrogens with zero attached hydrogens (tertiary/aromatic N) is 2. The zero-order valence-corrected chi connectivity index (χ0v) is 12.1. The van der Waals surface area contributed by atoms with E-state index < -0.39 is 5.97 Å². The predicted octanol–water partition coefficient (Wildman–Crippen LogP) is 1.29. The van der Waals surface area contributed by atoms with Crippen LogP contribution in [0.1, 0.15) is 12.5 Å². The number of ether oxygens (including phenoxy) is 1. The summed E-state index contributed by atoms with van der Waals surface area (Å²) in [5, 5.41) is 8.62. The monoisotopic (exact) mass is 278 g/mol. The molecule has 1 saturated heterocycles. The number of carboxylic acid groups (broad SMARTS) is 1. The van der Waals surface area contributed by atoms with Crippen LogP contribution in [0.2, 0.25) is 0 Å². The second-order valence-corrected chi connectivity index (χ2v) is 5.39. The molecule has 0 saturated carbocycles. The van der Waals surface area contributed by atoms with E-state index in [1.54, 1.807) is 6.07 Å². The second kappa shape index (κ2) is 6.72. The number of hydrogen-bond acceptors (Lipinski definition) is 4. The number of hydrogen-bond donors (Lipinski definition) is 1. The molecule has 20 heavy (non-hydrogen) atoms. The molecule has 110 valence electrons. The van der Waals surface area contributed by atoms with Gasteiger partial charge < -0.3 is 14.7 Å². The minimum atomic E-state index is -0.955. The van der Waals surface area contributed by atoms with Gasteiger partial charge in [-0.3, -0.25) is 4.90 Å². The van der Waals surface area contributed by atoms with Gasteiger partial charge in [-0.25, -0.2) is 4.79 Å². The summed E-state index contributed by atoms with van der Waals surface area (Å²) in [6.45, 7) is 6.00. The van der Waals surface area contributed by atoms with Crippen molar-refractivity contribution >= 4 is 5.97 Å². The molecule has 1 fully saturated rings. The summed E-state index contributed by atoms with van der Waals surface area (Å²) in [6.07, 6.45) is 0. The molecule has 0 bridgehead atoms. The molecular weight excluding hydrogens is 256 g/mol. The number of benzene rings is 1. The van der Waals surface area contributed by atoms with Crippen LogP contribution >= 0.6 is 0 Å². The maximum atomic E-state index is 10.5. The van der Waals surface area contributed by atoms with Crippen molar-refractivity contribution in [2.45, 2.75) is 19.5 Å². The van der Waals surface area contributed by atoms with Gasteiger partial charge in [-0.2, -0.15) is 0 Å². The van der Waals surface area contributed by atoms with Gasteiger partial charge in [0.05, 0.1) is 0 Å². The molecule has 1 atom stereocenters. The van der Waals surface area contributed by atoms with Gasteiger partial charge in [0.2, 0.25) is 0 Å². The Morgan fingerprint density at radius 2 is 2.25 bits per heavy atom. The number of aliphatic carboxylic acids is 1. The van der Waals surface area contributed by atoms with E-state index in [0.717, 1.165) is 31.7 Å². The first kappa shape index (κ1) is 14.8. The van der Waals surface area contributed by atoms with Crippen LogP contribution in [-0.2, 0) is 11.3 Å². The molecule has 0 amide bonds. The SMILES string of the molecule is C[C@H]1CN(Cc2cccc(OCC(=O)O)c2)CCN1C. The van der Waals surface area contributed by atoms with E-state index in [-0.39, 0.29) is 6.61 Å². The Hall–Kier alpha value is -1.59. The fraction of sp³-hybridized carbons (Fsp3) is 0.533.